The van der Waals surface area contributed by atoms with Gasteiger partial charge in [0.2, 0.25) is 11.8 Å². The molecule has 12 rings (SSSR count). The maximum Gasteiger partial charge on any atom is 0.242 e. The van der Waals surface area contributed by atoms with E-state index < -0.39 is 0 Å². The molecule has 6 aliphatic heterocycles. The summed E-state index contributed by atoms with van der Waals surface area (Å²) in [6.45, 7) is 9.00. The smallest absolute Gasteiger partial charge is 0.242 e. The normalized spacial score (nSPS) is 27.4. The van der Waals surface area contributed by atoms with Crippen molar-refractivity contribution in [2.75, 3.05) is 40.4 Å². The van der Waals surface area contributed by atoms with Gasteiger partial charge in [-0.25, -0.2) is 0 Å². The van der Waals surface area contributed by atoms with E-state index in [-0.39, 0.29) is 24.3 Å². The predicted octanol–water partition coefficient (Wildman–Crippen LogP) is 9.22. The van der Waals surface area contributed by atoms with Crippen LogP contribution in [0.5, 0.6) is 23.3 Å². The number of piperidine rings is 6. The molecule has 6 aromatic rings. The zero-order valence-electron chi connectivity index (χ0n) is 34.1. The fourth-order valence-electron chi connectivity index (χ4n) is 11.1. The fourth-order valence-corrected chi connectivity index (χ4v) is 11.1. The summed E-state index contributed by atoms with van der Waals surface area (Å²) >= 11 is 0. The Labute approximate surface area is 340 Å². The molecule has 4 bridgehead atoms. The lowest BCUT2D eigenvalue weighted by molar-refractivity contribution is -0.0505. The van der Waals surface area contributed by atoms with Crippen molar-refractivity contribution in [1.82, 2.24) is 30.0 Å². The highest BCUT2D eigenvalue weighted by Gasteiger charge is 2.46. The molecule has 6 saturated heterocycles. The molecular weight excluding hydrogens is 725 g/mol. The number of rotatable bonds is 12. The van der Waals surface area contributed by atoms with Gasteiger partial charge in [-0.05, 0) is 123 Å². The van der Waals surface area contributed by atoms with Crippen LogP contribution in [-0.4, -0.2) is 82.4 Å². The van der Waals surface area contributed by atoms with Crippen LogP contribution in [0.1, 0.15) is 75.7 Å². The van der Waals surface area contributed by atoms with Crippen molar-refractivity contribution < 1.29 is 18.9 Å². The minimum Gasteiger partial charge on any atom is -0.497 e. The second-order valence-electron chi connectivity index (χ2n) is 17.0. The lowest BCUT2D eigenvalue weighted by Crippen LogP contribution is -2.56. The number of aromatic nitrogens is 4. The second-order valence-corrected chi connectivity index (χ2v) is 17.0. The molecule has 0 amide bonds. The van der Waals surface area contributed by atoms with E-state index in [0.717, 1.165) is 94.2 Å². The van der Waals surface area contributed by atoms with Crippen LogP contribution >= 0.6 is 0 Å². The van der Waals surface area contributed by atoms with Crippen molar-refractivity contribution in [2.24, 2.45) is 23.7 Å². The molecule has 10 nitrogen and oxygen atoms in total. The summed E-state index contributed by atoms with van der Waals surface area (Å²) in [5.74, 6) is 5.39. The number of nitrogens with zero attached hydrogens (tertiary/aromatic N) is 6. The highest BCUT2D eigenvalue weighted by Crippen LogP contribution is 2.47. The standard InChI is InChI=1S/C48H54N6O4/c1-5-29-27-53-21-17-31(29)23-43(53)45(35-15-19-49-41-13-11-33(55-3)25-39(35)41)57-47-37-9-7-8-10-38(37)48(52-51-47)58-46(44-24-32-18-22-54(44)28-30(32)6-2)36-16-20-50-42-14-12-34(56-4)26-40(36)42/h7-16,19-20,25-26,29-32,43-46H,5-6,17-18,21-24,27-28H2,1-4H3/t29?,30?,31?,32?,43-,44?,45-,46?/m0/s1. The summed E-state index contributed by atoms with van der Waals surface area (Å²) in [6, 6.07) is 25.1. The topological polar surface area (TPSA) is 95.0 Å². The predicted molar refractivity (Wildman–Crippen MR) is 227 cm³/mol. The number of benzene rings is 3. The molecule has 0 aliphatic carbocycles. The summed E-state index contributed by atoms with van der Waals surface area (Å²) in [6.07, 6.45) is 10.2. The van der Waals surface area contributed by atoms with Gasteiger partial charge in [-0.1, -0.05) is 38.8 Å². The highest BCUT2D eigenvalue weighted by molar-refractivity contribution is 5.91. The Morgan fingerprint density at radius 3 is 1.47 bits per heavy atom. The van der Waals surface area contributed by atoms with Crippen LogP contribution in [0.3, 0.4) is 0 Å². The molecular formula is C48H54N6O4. The number of hydrogen-bond acceptors (Lipinski definition) is 10. The van der Waals surface area contributed by atoms with Crippen LogP contribution in [0, 0.1) is 23.7 Å². The van der Waals surface area contributed by atoms with E-state index in [0.29, 0.717) is 35.4 Å². The first kappa shape index (κ1) is 37.2. The Hall–Kier alpha value is -5.06. The van der Waals surface area contributed by atoms with Gasteiger partial charge in [0.1, 0.15) is 23.7 Å². The van der Waals surface area contributed by atoms with Gasteiger partial charge in [-0.15, -0.1) is 10.2 Å². The number of methoxy groups -OCH3 is 2. The van der Waals surface area contributed by atoms with Gasteiger partial charge in [-0.2, -0.15) is 0 Å². The number of pyridine rings is 2. The monoisotopic (exact) mass is 778 g/mol. The lowest BCUT2D eigenvalue weighted by Gasteiger charge is -2.52. The number of fused-ring (bicyclic) bond motifs is 9. The average Bonchev–Trinajstić information content (AvgIpc) is 3.29. The van der Waals surface area contributed by atoms with Crippen molar-refractivity contribution in [3.05, 3.63) is 96.3 Å². The SMILES string of the molecule is CCC1CN2CCC1CC2C(Oc1nnc(O[C@@H](c2ccnc3ccc(OC)cc23)[C@@H]2CC3CCN2CC3CC)c2ccccc12)c1ccnc2ccc(OC)cc12. The molecule has 3 aromatic carbocycles. The molecule has 6 fully saturated rings. The molecule has 0 N–H and O–H groups in total. The molecule has 10 atom stereocenters. The first-order valence-electron chi connectivity index (χ1n) is 21.5. The van der Waals surface area contributed by atoms with Crippen LogP contribution in [0.2, 0.25) is 0 Å². The third-order valence-electron chi connectivity index (χ3n) is 14.3. The van der Waals surface area contributed by atoms with Crippen LogP contribution in [0.4, 0.5) is 0 Å². The molecule has 10 heteroatoms. The van der Waals surface area contributed by atoms with Gasteiger partial charge in [-0.3, -0.25) is 19.8 Å². The molecule has 3 aromatic heterocycles. The molecule has 58 heavy (non-hydrogen) atoms. The van der Waals surface area contributed by atoms with Gasteiger partial charge in [0, 0.05) is 47.4 Å². The third-order valence-corrected chi connectivity index (χ3v) is 14.3. The van der Waals surface area contributed by atoms with E-state index in [1.807, 2.05) is 36.7 Å². The van der Waals surface area contributed by atoms with Crippen molar-refractivity contribution in [3.8, 4) is 23.3 Å². The van der Waals surface area contributed by atoms with Crippen LogP contribution < -0.4 is 18.9 Å². The first-order valence-corrected chi connectivity index (χ1v) is 21.5. The van der Waals surface area contributed by atoms with Crippen molar-refractivity contribution in [1.29, 1.82) is 0 Å². The zero-order valence-corrected chi connectivity index (χ0v) is 34.1. The maximum atomic E-state index is 7.30. The second kappa shape index (κ2) is 15.6. The first-order chi connectivity index (χ1) is 28.5. The number of hydrogen-bond donors (Lipinski definition) is 0. The van der Waals surface area contributed by atoms with E-state index >= 15 is 0 Å². The van der Waals surface area contributed by atoms with E-state index in [4.69, 9.17) is 39.1 Å². The summed E-state index contributed by atoms with van der Waals surface area (Å²) in [5.41, 5.74) is 4.01. The summed E-state index contributed by atoms with van der Waals surface area (Å²) in [7, 11) is 3.42. The Morgan fingerprint density at radius 1 is 0.603 bits per heavy atom. The van der Waals surface area contributed by atoms with Gasteiger partial charge in [0.05, 0.1) is 48.1 Å². The average molecular weight is 779 g/mol. The van der Waals surface area contributed by atoms with Crippen molar-refractivity contribution in [2.45, 2.75) is 76.7 Å². The summed E-state index contributed by atoms with van der Waals surface area (Å²) < 4.78 is 26.0. The number of ether oxygens (including phenoxy) is 4. The summed E-state index contributed by atoms with van der Waals surface area (Å²) in [5, 5.41) is 13.7. The van der Waals surface area contributed by atoms with Crippen LogP contribution in [-0.2, 0) is 0 Å². The largest absolute Gasteiger partial charge is 0.497 e. The van der Waals surface area contributed by atoms with Crippen LogP contribution in [0.25, 0.3) is 32.6 Å². The quantitative estimate of drug-likeness (QED) is 0.120. The van der Waals surface area contributed by atoms with Crippen LogP contribution in [0.15, 0.2) is 85.2 Å². The Kier molecular flexibility index (Phi) is 10.0. The Morgan fingerprint density at radius 2 is 1.07 bits per heavy atom. The molecule has 9 heterocycles. The summed E-state index contributed by atoms with van der Waals surface area (Å²) in [4.78, 5) is 14.8. The lowest BCUT2D eigenvalue weighted by atomic mass is 9.72. The molecule has 0 saturated carbocycles. The molecule has 6 aliphatic rings. The molecule has 300 valence electrons. The highest BCUT2D eigenvalue weighted by atomic mass is 16.5. The van der Waals surface area contributed by atoms with E-state index in [1.54, 1.807) is 14.2 Å². The zero-order chi connectivity index (χ0) is 39.3. The van der Waals surface area contributed by atoms with E-state index in [9.17, 15) is 0 Å². The van der Waals surface area contributed by atoms with Gasteiger partial charge in [0.15, 0.2) is 0 Å². The van der Waals surface area contributed by atoms with Gasteiger partial charge < -0.3 is 18.9 Å². The van der Waals surface area contributed by atoms with Crippen molar-refractivity contribution >= 4 is 32.6 Å². The van der Waals surface area contributed by atoms with E-state index in [2.05, 4.69) is 72.2 Å². The fraction of sp³-hybridized carbons (Fsp3) is 0.458. The molecule has 0 spiro atoms. The third kappa shape index (κ3) is 6.58. The van der Waals surface area contributed by atoms with Gasteiger partial charge >= 0.3 is 0 Å². The van der Waals surface area contributed by atoms with Crippen molar-refractivity contribution in [3.63, 3.8) is 0 Å². The molecule has 8 unspecified atom stereocenters. The van der Waals surface area contributed by atoms with E-state index in [1.165, 1.54) is 25.7 Å². The maximum absolute atomic E-state index is 7.30. The Balaban J connectivity index is 1.06. The minimum absolute atomic E-state index is 0.180. The van der Waals surface area contributed by atoms with Gasteiger partial charge in [0.25, 0.3) is 0 Å². The minimum atomic E-state index is -0.300. The Bertz CT molecular complexity index is 2280. The molecule has 0 radical (unpaired) electrons.